The van der Waals surface area contributed by atoms with E-state index >= 15 is 0 Å². The number of nitrogens with one attached hydrogen (secondary N) is 2. The van der Waals surface area contributed by atoms with E-state index in [-0.39, 0.29) is 5.91 Å². The van der Waals surface area contributed by atoms with Gasteiger partial charge in [0.2, 0.25) is 5.91 Å². The molecule has 0 radical (unpaired) electrons. The zero-order valence-corrected chi connectivity index (χ0v) is 14.7. The monoisotopic (exact) mass is 345 g/mol. The van der Waals surface area contributed by atoms with Crippen molar-refractivity contribution >= 4 is 11.7 Å². The van der Waals surface area contributed by atoms with Gasteiger partial charge in [-0.2, -0.15) is 0 Å². The summed E-state index contributed by atoms with van der Waals surface area (Å²) in [5, 5.41) is 6.87. The van der Waals surface area contributed by atoms with Gasteiger partial charge < -0.3 is 20.3 Å². The van der Waals surface area contributed by atoms with Crippen molar-refractivity contribution in [2.75, 3.05) is 51.3 Å². The van der Waals surface area contributed by atoms with Crippen LogP contribution in [0.2, 0.25) is 0 Å². The lowest BCUT2D eigenvalue weighted by Crippen LogP contribution is -2.41. The Labute approximate surface area is 148 Å². The summed E-state index contributed by atoms with van der Waals surface area (Å²) in [5.41, 5.74) is 2.41. The van der Waals surface area contributed by atoms with E-state index in [1.54, 1.807) is 0 Å². The highest BCUT2D eigenvalue weighted by atomic mass is 16.5. The van der Waals surface area contributed by atoms with Crippen molar-refractivity contribution in [1.29, 1.82) is 0 Å². The number of nitrogens with zero attached hydrogens (tertiary/aromatic N) is 3. The van der Waals surface area contributed by atoms with Crippen molar-refractivity contribution in [3.05, 3.63) is 17.1 Å². The molecule has 1 aromatic rings. The van der Waals surface area contributed by atoms with Crippen LogP contribution in [0.15, 0.2) is 0 Å². The third kappa shape index (κ3) is 4.10. The number of carbonyl (C=O) groups is 1. The van der Waals surface area contributed by atoms with Crippen LogP contribution < -0.4 is 10.6 Å². The molecule has 1 saturated heterocycles. The predicted molar refractivity (Wildman–Crippen MR) is 94.8 cm³/mol. The van der Waals surface area contributed by atoms with Gasteiger partial charge in [0.1, 0.15) is 11.6 Å². The Balaban J connectivity index is 1.42. The van der Waals surface area contributed by atoms with Gasteiger partial charge >= 0.3 is 0 Å². The molecular weight excluding hydrogens is 318 g/mol. The standard InChI is InChI=1S/C18H27N5O2/c24-16(23-9-11-25-12-10-23)5-8-20-18-14-3-6-19-7-4-15(14)21-17(22-18)13-1-2-13/h13,19H,1-12H2,(H,20,21,22). The zero-order chi connectivity index (χ0) is 17.1. The highest BCUT2D eigenvalue weighted by Gasteiger charge is 2.29. The molecule has 0 spiro atoms. The number of morpholine rings is 1. The van der Waals surface area contributed by atoms with Crippen LogP contribution >= 0.6 is 0 Å². The number of fused-ring (bicyclic) bond motifs is 1. The predicted octanol–water partition coefficient (Wildman–Crippen LogP) is 0.703. The fraction of sp³-hybridized carbons (Fsp3) is 0.722. The van der Waals surface area contributed by atoms with Gasteiger partial charge in [-0.1, -0.05) is 0 Å². The average molecular weight is 345 g/mol. The molecule has 136 valence electrons. The smallest absolute Gasteiger partial charge is 0.224 e. The topological polar surface area (TPSA) is 79.4 Å². The Bertz CT molecular complexity index is 626. The van der Waals surface area contributed by atoms with Crippen LogP contribution in [0.25, 0.3) is 0 Å². The molecule has 1 amide bonds. The molecule has 1 aromatic heterocycles. The number of rotatable bonds is 5. The number of hydrogen-bond acceptors (Lipinski definition) is 6. The zero-order valence-electron chi connectivity index (χ0n) is 14.7. The molecule has 0 atom stereocenters. The summed E-state index contributed by atoms with van der Waals surface area (Å²) in [5.74, 6) is 2.67. The van der Waals surface area contributed by atoms with Crippen LogP contribution in [0, 0.1) is 0 Å². The second kappa shape index (κ2) is 7.66. The second-order valence-corrected chi connectivity index (χ2v) is 7.05. The van der Waals surface area contributed by atoms with Crippen molar-refractivity contribution in [3.8, 4) is 0 Å². The summed E-state index contributed by atoms with van der Waals surface area (Å²) in [4.78, 5) is 23.8. The lowest BCUT2D eigenvalue weighted by atomic mass is 10.1. The summed E-state index contributed by atoms with van der Waals surface area (Å²) >= 11 is 0. The first kappa shape index (κ1) is 16.7. The number of carbonyl (C=O) groups excluding carboxylic acids is 1. The molecule has 3 heterocycles. The number of amides is 1. The highest BCUT2D eigenvalue weighted by molar-refractivity contribution is 5.76. The van der Waals surface area contributed by atoms with Crippen LogP contribution in [0.5, 0.6) is 0 Å². The van der Waals surface area contributed by atoms with E-state index < -0.39 is 0 Å². The summed E-state index contributed by atoms with van der Waals surface area (Å²) in [6.45, 7) is 5.27. The number of anilines is 1. The molecule has 0 aromatic carbocycles. The first-order chi connectivity index (χ1) is 12.3. The maximum absolute atomic E-state index is 12.3. The Morgan fingerprint density at radius 1 is 1.20 bits per heavy atom. The first-order valence-electron chi connectivity index (χ1n) is 9.51. The summed E-state index contributed by atoms with van der Waals surface area (Å²) in [7, 11) is 0. The molecule has 1 saturated carbocycles. The van der Waals surface area contributed by atoms with Gasteiger partial charge in [-0.15, -0.1) is 0 Å². The molecule has 1 aliphatic carbocycles. The second-order valence-electron chi connectivity index (χ2n) is 7.05. The number of aromatic nitrogens is 2. The van der Waals surface area contributed by atoms with Crippen molar-refractivity contribution in [2.45, 2.75) is 38.0 Å². The Kier molecular flexibility index (Phi) is 5.12. The van der Waals surface area contributed by atoms with E-state index in [2.05, 4.69) is 10.6 Å². The molecule has 4 rings (SSSR count). The van der Waals surface area contributed by atoms with E-state index in [4.69, 9.17) is 14.7 Å². The molecule has 2 aliphatic heterocycles. The van der Waals surface area contributed by atoms with Crippen LogP contribution in [-0.4, -0.2) is 66.7 Å². The van der Waals surface area contributed by atoms with Gasteiger partial charge in [0.15, 0.2) is 0 Å². The van der Waals surface area contributed by atoms with Crippen molar-refractivity contribution in [1.82, 2.24) is 20.2 Å². The first-order valence-corrected chi connectivity index (χ1v) is 9.51. The van der Waals surface area contributed by atoms with Crippen LogP contribution in [-0.2, 0) is 22.4 Å². The molecule has 2 N–H and O–H groups in total. The minimum atomic E-state index is 0.194. The summed E-state index contributed by atoms with van der Waals surface area (Å²) in [6, 6.07) is 0. The lowest BCUT2D eigenvalue weighted by molar-refractivity contribution is -0.134. The molecule has 2 fully saturated rings. The van der Waals surface area contributed by atoms with Crippen molar-refractivity contribution in [3.63, 3.8) is 0 Å². The molecule has 0 unspecified atom stereocenters. The van der Waals surface area contributed by atoms with Crippen LogP contribution in [0.4, 0.5) is 5.82 Å². The highest BCUT2D eigenvalue weighted by Crippen LogP contribution is 2.39. The molecule has 3 aliphatic rings. The Morgan fingerprint density at radius 2 is 2.00 bits per heavy atom. The average Bonchev–Trinajstić information content (AvgIpc) is 3.49. The molecule has 7 heteroatoms. The number of ether oxygens (including phenoxy) is 1. The van der Waals surface area contributed by atoms with E-state index in [1.165, 1.54) is 24.1 Å². The van der Waals surface area contributed by atoms with E-state index in [0.29, 0.717) is 45.2 Å². The molecular formula is C18H27N5O2. The van der Waals surface area contributed by atoms with Gasteiger partial charge in [-0.05, 0) is 25.8 Å². The largest absolute Gasteiger partial charge is 0.378 e. The summed E-state index contributed by atoms with van der Waals surface area (Å²) < 4.78 is 5.31. The quantitative estimate of drug-likeness (QED) is 0.818. The maximum atomic E-state index is 12.3. The van der Waals surface area contributed by atoms with Crippen molar-refractivity contribution in [2.24, 2.45) is 0 Å². The van der Waals surface area contributed by atoms with Crippen molar-refractivity contribution < 1.29 is 9.53 Å². The van der Waals surface area contributed by atoms with Crippen LogP contribution in [0.1, 0.15) is 42.3 Å². The van der Waals surface area contributed by atoms with Gasteiger partial charge in [-0.25, -0.2) is 9.97 Å². The van der Waals surface area contributed by atoms with E-state index in [1.807, 2.05) is 4.90 Å². The Hall–Kier alpha value is -1.73. The maximum Gasteiger partial charge on any atom is 0.224 e. The third-order valence-corrected chi connectivity index (χ3v) is 5.14. The van der Waals surface area contributed by atoms with Gasteiger partial charge in [-0.3, -0.25) is 4.79 Å². The van der Waals surface area contributed by atoms with Crippen LogP contribution in [0.3, 0.4) is 0 Å². The minimum absolute atomic E-state index is 0.194. The van der Waals surface area contributed by atoms with E-state index in [0.717, 1.165) is 37.6 Å². The normalized spacial score (nSPS) is 20.7. The SMILES string of the molecule is O=C(CCNc1nc(C2CC2)nc2c1CCNCC2)N1CCOCC1. The molecule has 7 nitrogen and oxygen atoms in total. The third-order valence-electron chi connectivity index (χ3n) is 5.14. The summed E-state index contributed by atoms with van der Waals surface area (Å²) in [6.07, 6.45) is 4.80. The number of hydrogen-bond donors (Lipinski definition) is 2. The minimum Gasteiger partial charge on any atom is -0.378 e. The van der Waals surface area contributed by atoms with Gasteiger partial charge in [0.05, 0.1) is 18.9 Å². The molecule has 0 bridgehead atoms. The fourth-order valence-electron chi connectivity index (χ4n) is 3.49. The van der Waals surface area contributed by atoms with E-state index in [9.17, 15) is 4.79 Å². The van der Waals surface area contributed by atoms with Gasteiger partial charge in [0, 0.05) is 50.5 Å². The lowest BCUT2D eigenvalue weighted by Gasteiger charge is -2.27. The Morgan fingerprint density at radius 3 is 2.80 bits per heavy atom. The fourth-order valence-corrected chi connectivity index (χ4v) is 3.49. The molecule has 25 heavy (non-hydrogen) atoms. The van der Waals surface area contributed by atoms with Gasteiger partial charge in [0.25, 0.3) is 0 Å².